The smallest absolute Gasteiger partial charge is 0.306 e. The van der Waals surface area contributed by atoms with Gasteiger partial charge in [0, 0.05) is 12.8 Å². The van der Waals surface area contributed by atoms with Crippen LogP contribution in [0.25, 0.3) is 0 Å². The summed E-state index contributed by atoms with van der Waals surface area (Å²) >= 11 is 0. The number of carbonyl (C=O) groups excluding carboxylic acids is 3. The Kier molecular flexibility index (Phi) is 51.4. The van der Waals surface area contributed by atoms with Crippen molar-refractivity contribution in [3.63, 3.8) is 0 Å². The van der Waals surface area contributed by atoms with Crippen LogP contribution >= 0.6 is 0 Å². The molecule has 0 radical (unpaired) electrons. The topological polar surface area (TPSA) is 111 Å². The minimum Gasteiger partial charge on any atom is -0.545 e. The molecule has 0 fully saturated rings. The van der Waals surface area contributed by atoms with E-state index in [0.717, 1.165) is 51.4 Å². The predicted molar refractivity (Wildman–Crippen MR) is 293 cm³/mol. The third kappa shape index (κ3) is 53.6. The lowest BCUT2D eigenvalue weighted by Gasteiger charge is -2.26. The highest BCUT2D eigenvalue weighted by atomic mass is 16.7. The summed E-state index contributed by atoms with van der Waals surface area (Å²) in [6.45, 7) is 4.69. The Morgan fingerprint density at radius 1 is 0.429 bits per heavy atom. The van der Waals surface area contributed by atoms with Crippen LogP contribution in [0, 0.1) is 0 Å². The van der Waals surface area contributed by atoms with Crippen LogP contribution in [-0.2, 0) is 33.3 Å². The van der Waals surface area contributed by atoms with Crippen LogP contribution in [0.1, 0.15) is 290 Å². The van der Waals surface area contributed by atoms with E-state index in [1.807, 2.05) is 21.1 Å². The van der Waals surface area contributed by atoms with E-state index in [-0.39, 0.29) is 32.2 Å². The highest BCUT2D eigenvalue weighted by molar-refractivity contribution is 5.70. The lowest BCUT2D eigenvalue weighted by Crippen LogP contribution is -2.44. The summed E-state index contributed by atoms with van der Waals surface area (Å²) in [6, 6.07) is 0. The molecule has 412 valence electrons. The normalized spacial score (nSPS) is 12.9. The van der Waals surface area contributed by atoms with Gasteiger partial charge in [-0.25, -0.2) is 0 Å². The molecule has 9 nitrogen and oxygen atoms in total. The van der Waals surface area contributed by atoms with Crippen molar-refractivity contribution in [3.8, 4) is 0 Å². The molecule has 0 bridgehead atoms. The summed E-state index contributed by atoms with van der Waals surface area (Å²) in [5.41, 5.74) is 0. The molecule has 2 atom stereocenters. The van der Waals surface area contributed by atoms with Gasteiger partial charge in [0.05, 0.1) is 40.3 Å². The molecule has 0 aromatic rings. The van der Waals surface area contributed by atoms with E-state index < -0.39 is 24.3 Å². The van der Waals surface area contributed by atoms with Gasteiger partial charge in [0.1, 0.15) is 13.2 Å². The van der Waals surface area contributed by atoms with Crippen LogP contribution in [0.2, 0.25) is 0 Å². The van der Waals surface area contributed by atoms with E-state index in [4.69, 9.17) is 18.9 Å². The van der Waals surface area contributed by atoms with E-state index in [9.17, 15) is 19.5 Å². The van der Waals surface area contributed by atoms with Crippen molar-refractivity contribution in [3.05, 3.63) is 24.3 Å². The van der Waals surface area contributed by atoms with Gasteiger partial charge in [0.25, 0.3) is 0 Å². The Balaban J connectivity index is 3.77. The Labute approximate surface area is 433 Å². The molecule has 0 rings (SSSR count). The number of carboxylic acid groups (broad SMARTS) is 1. The first-order valence-corrected chi connectivity index (χ1v) is 30.0. The molecule has 0 N–H and O–H groups in total. The van der Waals surface area contributed by atoms with Crippen molar-refractivity contribution in [1.82, 2.24) is 0 Å². The van der Waals surface area contributed by atoms with E-state index in [2.05, 4.69) is 38.2 Å². The first-order chi connectivity index (χ1) is 34.1. The fourth-order valence-electron chi connectivity index (χ4n) is 8.80. The van der Waals surface area contributed by atoms with Gasteiger partial charge in [-0.1, -0.05) is 256 Å². The average Bonchev–Trinajstić information content (AvgIpc) is 3.33. The fourth-order valence-corrected chi connectivity index (χ4v) is 8.80. The second-order valence-electron chi connectivity index (χ2n) is 21.6. The van der Waals surface area contributed by atoms with E-state index in [0.29, 0.717) is 17.4 Å². The van der Waals surface area contributed by atoms with Gasteiger partial charge in [-0.2, -0.15) is 0 Å². The van der Waals surface area contributed by atoms with Gasteiger partial charge in [-0.15, -0.1) is 0 Å². The lowest BCUT2D eigenvalue weighted by molar-refractivity contribution is -0.870. The van der Waals surface area contributed by atoms with Crippen LogP contribution in [0.15, 0.2) is 24.3 Å². The number of carbonyl (C=O) groups is 3. The second-order valence-corrected chi connectivity index (χ2v) is 21.6. The standard InChI is InChI=1S/C61H115NO8/c1-6-8-10-12-14-15-16-17-18-19-20-21-22-23-24-25-26-27-28-29-30-31-32-33-34-35-36-37-38-39-40-41-42-43-44-45-46-48-50-52-59(64)70-57(55-68-58(63)51-49-47-13-11-9-7-2)56-69-61(60(65)66)67-54-53-62(3,4)5/h16-17,19-20,57,61H,6-15,18,21-56H2,1-5H3/b17-16-,20-19-. The minimum atomic E-state index is -1.61. The Hall–Kier alpha value is -2.23. The molecule has 70 heavy (non-hydrogen) atoms. The number of hydrogen-bond acceptors (Lipinski definition) is 8. The molecule has 0 aliphatic rings. The molecule has 0 saturated heterocycles. The summed E-state index contributed by atoms with van der Waals surface area (Å²) < 4.78 is 22.5. The Bertz CT molecular complexity index is 1200. The van der Waals surface area contributed by atoms with Crippen LogP contribution in [-0.4, -0.2) is 82.3 Å². The molecule has 2 unspecified atom stereocenters. The van der Waals surface area contributed by atoms with Gasteiger partial charge in [0.15, 0.2) is 12.4 Å². The Morgan fingerprint density at radius 3 is 1.13 bits per heavy atom. The number of esters is 2. The molecule has 0 aliphatic heterocycles. The molecule has 9 heteroatoms. The molecule has 0 aliphatic carbocycles. The van der Waals surface area contributed by atoms with Crippen molar-refractivity contribution < 1.29 is 42.9 Å². The van der Waals surface area contributed by atoms with E-state index in [1.165, 1.54) is 212 Å². The molecule has 0 aromatic heterocycles. The number of likely N-dealkylation sites (N-methyl/N-ethyl adjacent to an activating group) is 1. The number of hydrogen-bond donors (Lipinski definition) is 0. The maximum atomic E-state index is 12.8. The van der Waals surface area contributed by atoms with Crippen molar-refractivity contribution in [2.24, 2.45) is 0 Å². The van der Waals surface area contributed by atoms with Gasteiger partial charge >= 0.3 is 11.9 Å². The van der Waals surface area contributed by atoms with E-state index in [1.54, 1.807) is 0 Å². The number of rotatable bonds is 56. The molecule has 0 heterocycles. The fraction of sp³-hybridized carbons (Fsp3) is 0.885. The summed E-state index contributed by atoms with van der Waals surface area (Å²) in [5.74, 6) is -2.28. The molecule has 0 saturated carbocycles. The largest absolute Gasteiger partial charge is 0.545 e. The van der Waals surface area contributed by atoms with Crippen molar-refractivity contribution >= 4 is 17.9 Å². The first-order valence-electron chi connectivity index (χ1n) is 30.0. The quantitative estimate of drug-likeness (QED) is 0.0195. The second kappa shape index (κ2) is 53.1. The van der Waals surface area contributed by atoms with Gasteiger partial charge in [-0.05, 0) is 44.9 Å². The third-order valence-corrected chi connectivity index (χ3v) is 13.5. The zero-order valence-corrected chi connectivity index (χ0v) is 46.9. The maximum absolute atomic E-state index is 12.8. The summed E-state index contributed by atoms with van der Waals surface area (Å²) in [6.07, 6.45) is 60.3. The van der Waals surface area contributed by atoms with Gasteiger partial charge in [0.2, 0.25) is 0 Å². The minimum absolute atomic E-state index is 0.151. The van der Waals surface area contributed by atoms with Crippen LogP contribution < -0.4 is 5.11 Å². The van der Waals surface area contributed by atoms with Crippen molar-refractivity contribution in [2.75, 3.05) is 47.5 Å². The maximum Gasteiger partial charge on any atom is 0.306 e. The number of aliphatic carboxylic acids is 1. The molecular formula is C61H115NO8. The first kappa shape index (κ1) is 67.8. The Morgan fingerprint density at radius 2 is 0.771 bits per heavy atom. The number of unbranched alkanes of at least 4 members (excludes halogenated alkanes) is 37. The summed E-state index contributed by atoms with van der Waals surface area (Å²) in [7, 11) is 5.92. The zero-order chi connectivity index (χ0) is 51.3. The summed E-state index contributed by atoms with van der Waals surface area (Å²) in [4.78, 5) is 36.9. The molecule has 0 aromatic carbocycles. The predicted octanol–water partition coefficient (Wildman–Crippen LogP) is 16.2. The monoisotopic (exact) mass is 990 g/mol. The van der Waals surface area contributed by atoms with Crippen molar-refractivity contribution in [1.29, 1.82) is 0 Å². The van der Waals surface area contributed by atoms with Crippen LogP contribution in [0.3, 0.4) is 0 Å². The van der Waals surface area contributed by atoms with Gasteiger partial charge in [-0.3, -0.25) is 9.59 Å². The third-order valence-electron chi connectivity index (χ3n) is 13.5. The molecule has 0 amide bonds. The number of quaternary nitrogens is 1. The number of allylic oxidation sites excluding steroid dienone is 4. The number of nitrogens with zero attached hydrogens (tertiary/aromatic N) is 1. The highest BCUT2D eigenvalue weighted by Gasteiger charge is 2.22. The number of ether oxygens (including phenoxy) is 4. The van der Waals surface area contributed by atoms with E-state index >= 15 is 0 Å². The highest BCUT2D eigenvalue weighted by Crippen LogP contribution is 2.18. The van der Waals surface area contributed by atoms with Crippen molar-refractivity contribution in [2.45, 2.75) is 302 Å². The average molecular weight is 991 g/mol. The van der Waals surface area contributed by atoms with Crippen LogP contribution in [0.5, 0.6) is 0 Å². The SMILES string of the molecule is CCCCCCC/C=C\C/C=C\CCCCCCCCCCCCCCCCCCCCCCCCCCCCCC(=O)OC(COC(=O)CCCCCCCC)COC(OCC[N+](C)(C)C)C(=O)[O-]. The summed E-state index contributed by atoms with van der Waals surface area (Å²) in [5, 5.41) is 11.7. The lowest BCUT2D eigenvalue weighted by atomic mass is 10.0. The van der Waals surface area contributed by atoms with Crippen LogP contribution in [0.4, 0.5) is 0 Å². The zero-order valence-electron chi connectivity index (χ0n) is 46.9. The van der Waals surface area contributed by atoms with Gasteiger partial charge < -0.3 is 33.3 Å². The number of carboxylic acids is 1. The molecular weight excluding hydrogens is 875 g/mol. The molecule has 0 spiro atoms.